The van der Waals surface area contributed by atoms with Crippen LogP contribution in [0.1, 0.15) is 5.56 Å². The van der Waals surface area contributed by atoms with E-state index in [0.717, 1.165) is 27.6 Å². The van der Waals surface area contributed by atoms with Gasteiger partial charge in [-0.1, -0.05) is 24.3 Å². The summed E-state index contributed by atoms with van der Waals surface area (Å²) in [5.74, 6) is 0. The van der Waals surface area contributed by atoms with Crippen LogP contribution < -0.4 is 0 Å². The Morgan fingerprint density at radius 3 is 2.84 bits per heavy atom. The Bertz CT molecular complexity index is 872. The molecular weight excluding hydrogens is 236 g/mol. The average molecular weight is 248 g/mol. The molecule has 0 aliphatic carbocycles. The third-order valence-electron chi connectivity index (χ3n) is 3.38. The first-order chi connectivity index (χ1) is 9.33. The Morgan fingerprint density at radius 1 is 1.05 bits per heavy atom. The second kappa shape index (κ2) is 3.72. The van der Waals surface area contributed by atoms with E-state index in [2.05, 4.69) is 36.3 Å². The molecule has 0 amide bonds. The minimum absolute atomic E-state index is 0.881. The standard InChI is InChI=1S/C16H12N2O/c1-11-6-7-12-13-4-2-5-14(18-9-3-8-17-18)16(13)19-15(12)10-11/h2-10H,1H3. The fourth-order valence-corrected chi connectivity index (χ4v) is 2.48. The largest absolute Gasteiger partial charge is 0.454 e. The lowest BCUT2D eigenvalue weighted by Gasteiger charge is -2.01. The van der Waals surface area contributed by atoms with E-state index >= 15 is 0 Å². The fraction of sp³-hybridized carbons (Fsp3) is 0.0625. The molecular formula is C16H12N2O. The van der Waals surface area contributed by atoms with Crippen molar-refractivity contribution in [2.24, 2.45) is 0 Å². The molecule has 2 heterocycles. The SMILES string of the molecule is Cc1ccc2c(c1)oc1c(-n3cccn3)cccc12. The predicted octanol–water partition coefficient (Wildman–Crippen LogP) is 4.08. The van der Waals surface area contributed by atoms with Gasteiger partial charge >= 0.3 is 0 Å². The molecule has 0 bridgehead atoms. The van der Waals surface area contributed by atoms with Gasteiger partial charge < -0.3 is 4.42 Å². The highest BCUT2D eigenvalue weighted by Gasteiger charge is 2.11. The number of aryl methyl sites for hydroxylation is 1. The van der Waals surface area contributed by atoms with Crippen molar-refractivity contribution in [1.29, 1.82) is 0 Å². The van der Waals surface area contributed by atoms with Crippen molar-refractivity contribution < 1.29 is 4.42 Å². The Morgan fingerprint density at radius 2 is 2.00 bits per heavy atom. The van der Waals surface area contributed by atoms with E-state index in [0.29, 0.717) is 0 Å². The third kappa shape index (κ3) is 1.48. The Balaban J connectivity index is 2.14. The molecule has 0 aliphatic rings. The Kier molecular flexibility index (Phi) is 2.03. The molecule has 4 rings (SSSR count). The van der Waals surface area contributed by atoms with Gasteiger partial charge in [-0.3, -0.25) is 0 Å². The van der Waals surface area contributed by atoms with Crippen LogP contribution in [0.3, 0.4) is 0 Å². The van der Waals surface area contributed by atoms with Crippen LogP contribution in [0.25, 0.3) is 27.6 Å². The summed E-state index contributed by atoms with van der Waals surface area (Å²) < 4.78 is 7.86. The van der Waals surface area contributed by atoms with Crippen LogP contribution in [0.2, 0.25) is 0 Å². The molecule has 2 aromatic heterocycles. The lowest BCUT2D eigenvalue weighted by molar-refractivity contribution is 0.661. The monoisotopic (exact) mass is 248 g/mol. The van der Waals surface area contributed by atoms with E-state index < -0.39 is 0 Å². The Labute approximate surface area is 110 Å². The van der Waals surface area contributed by atoms with E-state index in [1.807, 2.05) is 29.1 Å². The molecule has 0 fully saturated rings. The van der Waals surface area contributed by atoms with E-state index in [4.69, 9.17) is 4.42 Å². The van der Waals surface area contributed by atoms with Crippen LogP contribution in [0.15, 0.2) is 59.3 Å². The molecule has 4 aromatic rings. The van der Waals surface area contributed by atoms with Crippen LogP contribution in [0.4, 0.5) is 0 Å². The smallest absolute Gasteiger partial charge is 0.161 e. The second-order valence-electron chi connectivity index (χ2n) is 4.71. The summed E-state index contributed by atoms with van der Waals surface area (Å²) in [5, 5.41) is 6.56. The van der Waals surface area contributed by atoms with Gasteiger partial charge in [0.15, 0.2) is 5.58 Å². The first kappa shape index (κ1) is 10.4. The van der Waals surface area contributed by atoms with Gasteiger partial charge in [0.05, 0.1) is 0 Å². The maximum atomic E-state index is 6.03. The van der Waals surface area contributed by atoms with E-state index in [-0.39, 0.29) is 0 Å². The summed E-state index contributed by atoms with van der Waals surface area (Å²) in [5.41, 5.74) is 3.98. The number of rotatable bonds is 1. The highest BCUT2D eigenvalue weighted by atomic mass is 16.3. The number of hydrogen-bond donors (Lipinski definition) is 0. The molecule has 0 spiro atoms. The number of fused-ring (bicyclic) bond motifs is 3. The van der Waals surface area contributed by atoms with Gasteiger partial charge in [-0.2, -0.15) is 5.10 Å². The van der Waals surface area contributed by atoms with Crippen LogP contribution in [-0.2, 0) is 0 Å². The average Bonchev–Trinajstić information content (AvgIpc) is 3.04. The zero-order chi connectivity index (χ0) is 12.8. The van der Waals surface area contributed by atoms with Crippen molar-refractivity contribution in [3.05, 3.63) is 60.4 Å². The van der Waals surface area contributed by atoms with Gasteiger partial charge in [-0.15, -0.1) is 0 Å². The van der Waals surface area contributed by atoms with Gasteiger partial charge in [0.1, 0.15) is 11.3 Å². The molecule has 3 nitrogen and oxygen atoms in total. The van der Waals surface area contributed by atoms with Crippen molar-refractivity contribution in [2.75, 3.05) is 0 Å². The van der Waals surface area contributed by atoms with Gasteiger partial charge in [0, 0.05) is 23.2 Å². The molecule has 0 aliphatic heterocycles. The van der Waals surface area contributed by atoms with Crippen LogP contribution >= 0.6 is 0 Å². The fourth-order valence-electron chi connectivity index (χ4n) is 2.48. The first-order valence-corrected chi connectivity index (χ1v) is 6.25. The molecule has 19 heavy (non-hydrogen) atoms. The minimum atomic E-state index is 0.881. The van der Waals surface area contributed by atoms with Crippen molar-refractivity contribution in [2.45, 2.75) is 6.92 Å². The van der Waals surface area contributed by atoms with E-state index in [9.17, 15) is 0 Å². The number of furan rings is 1. The maximum Gasteiger partial charge on any atom is 0.161 e. The molecule has 0 atom stereocenters. The highest BCUT2D eigenvalue weighted by Crippen LogP contribution is 2.32. The van der Waals surface area contributed by atoms with Crippen LogP contribution in [0.5, 0.6) is 0 Å². The number of para-hydroxylation sites is 1. The number of benzene rings is 2. The minimum Gasteiger partial charge on any atom is -0.454 e. The molecule has 0 unspecified atom stereocenters. The van der Waals surface area contributed by atoms with Gasteiger partial charge in [-0.25, -0.2) is 4.68 Å². The zero-order valence-corrected chi connectivity index (χ0v) is 10.5. The molecule has 92 valence electrons. The predicted molar refractivity (Wildman–Crippen MR) is 75.6 cm³/mol. The molecule has 3 heteroatoms. The van der Waals surface area contributed by atoms with E-state index in [1.165, 1.54) is 5.56 Å². The highest BCUT2D eigenvalue weighted by molar-refractivity contribution is 6.07. The van der Waals surface area contributed by atoms with Gasteiger partial charge in [0.2, 0.25) is 0 Å². The number of hydrogen-bond acceptors (Lipinski definition) is 2. The van der Waals surface area contributed by atoms with Crippen molar-refractivity contribution >= 4 is 21.9 Å². The molecule has 0 N–H and O–H groups in total. The maximum absolute atomic E-state index is 6.03. The molecule has 0 saturated heterocycles. The summed E-state index contributed by atoms with van der Waals surface area (Å²) in [6.45, 7) is 2.07. The number of aromatic nitrogens is 2. The quantitative estimate of drug-likeness (QED) is 0.508. The summed E-state index contributed by atoms with van der Waals surface area (Å²) in [6, 6.07) is 14.3. The lowest BCUT2D eigenvalue weighted by Crippen LogP contribution is -1.93. The molecule has 0 saturated carbocycles. The summed E-state index contributed by atoms with van der Waals surface area (Å²) in [6.07, 6.45) is 3.69. The first-order valence-electron chi connectivity index (χ1n) is 6.25. The lowest BCUT2D eigenvalue weighted by atomic mass is 10.1. The van der Waals surface area contributed by atoms with Crippen LogP contribution in [-0.4, -0.2) is 9.78 Å². The van der Waals surface area contributed by atoms with E-state index in [1.54, 1.807) is 6.20 Å². The molecule has 2 aromatic carbocycles. The third-order valence-corrected chi connectivity index (χ3v) is 3.38. The normalized spacial score (nSPS) is 11.4. The number of nitrogens with zero attached hydrogens (tertiary/aromatic N) is 2. The summed E-state index contributed by atoms with van der Waals surface area (Å²) in [4.78, 5) is 0. The van der Waals surface area contributed by atoms with Crippen LogP contribution in [0, 0.1) is 6.92 Å². The van der Waals surface area contributed by atoms with Gasteiger partial charge in [0.25, 0.3) is 0 Å². The zero-order valence-electron chi connectivity index (χ0n) is 10.5. The van der Waals surface area contributed by atoms with Crippen molar-refractivity contribution in [1.82, 2.24) is 9.78 Å². The topological polar surface area (TPSA) is 31.0 Å². The van der Waals surface area contributed by atoms with Gasteiger partial charge in [-0.05, 0) is 30.7 Å². The Hall–Kier alpha value is -2.55. The second-order valence-corrected chi connectivity index (χ2v) is 4.71. The van der Waals surface area contributed by atoms with Crippen molar-refractivity contribution in [3.8, 4) is 5.69 Å². The molecule has 0 radical (unpaired) electrons. The summed E-state index contributed by atoms with van der Waals surface area (Å²) >= 11 is 0. The van der Waals surface area contributed by atoms with Crippen molar-refractivity contribution in [3.63, 3.8) is 0 Å². The summed E-state index contributed by atoms with van der Waals surface area (Å²) in [7, 11) is 0.